The van der Waals surface area contributed by atoms with Gasteiger partial charge in [-0.15, -0.1) is 0 Å². The van der Waals surface area contributed by atoms with Crippen LogP contribution in [0.1, 0.15) is 17.2 Å². The third-order valence-corrected chi connectivity index (χ3v) is 4.23. The molecule has 0 aliphatic carbocycles. The zero-order valence-corrected chi connectivity index (χ0v) is 15.5. The van der Waals surface area contributed by atoms with Gasteiger partial charge in [0.2, 0.25) is 0 Å². The Hall–Kier alpha value is -2.78. The lowest BCUT2D eigenvalue weighted by atomic mass is 9.95. The Morgan fingerprint density at radius 2 is 1.46 bits per heavy atom. The van der Waals surface area contributed by atoms with E-state index in [1.807, 2.05) is 0 Å². The first-order chi connectivity index (χ1) is 13.4. The van der Waals surface area contributed by atoms with Gasteiger partial charge in [0.25, 0.3) is 0 Å². The molecule has 8 nitrogen and oxygen atoms in total. The second kappa shape index (κ2) is 9.43. The molecule has 0 aliphatic heterocycles. The summed E-state index contributed by atoms with van der Waals surface area (Å²) >= 11 is 0. The highest BCUT2D eigenvalue weighted by atomic mass is 16.5. The summed E-state index contributed by atoms with van der Waals surface area (Å²) in [6.45, 7) is -0.849. The predicted octanol–water partition coefficient (Wildman–Crippen LogP) is 1.17. The highest BCUT2D eigenvalue weighted by Gasteiger charge is 2.24. The molecule has 0 aliphatic rings. The molecule has 28 heavy (non-hydrogen) atoms. The average Bonchev–Trinajstić information content (AvgIpc) is 2.72. The minimum Gasteiger partial charge on any atom is -0.504 e. The number of rotatable bonds is 8. The van der Waals surface area contributed by atoms with Crippen LogP contribution in [-0.2, 0) is 0 Å². The lowest BCUT2D eigenvalue weighted by Gasteiger charge is -2.20. The number of hydrogen-bond acceptors (Lipinski definition) is 8. The minimum absolute atomic E-state index is 0.00589. The van der Waals surface area contributed by atoms with Gasteiger partial charge in [0.1, 0.15) is 12.2 Å². The second-order valence-electron chi connectivity index (χ2n) is 6.02. The van der Waals surface area contributed by atoms with Gasteiger partial charge < -0.3 is 40.1 Å². The smallest absolute Gasteiger partial charge is 0.165 e. The van der Waals surface area contributed by atoms with E-state index in [1.54, 1.807) is 18.2 Å². The van der Waals surface area contributed by atoms with E-state index in [1.165, 1.54) is 32.4 Å². The maximum Gasteiger partial charge on any atom is 0.165 e. The third-order valence-electron chi connectivity index (χ3n) is 4.23. The topological polar surface area (TPSA) is 140 Å². The van der Waals surface area contributed by atoms with E-state index in [0.717, 1.165) is 0 Å². The van der Waals surface area contributed by atoms with Crippen molar-refractivity contribution in [2.45, 2.75) is 12.2 Å². The third kappa shape index (κ3) is 4.37. The highest BCUT2D eigenvalue weighted by Crippen LogP contribution is 2.46. The van der Waals surface area contributed by atoms with Crippen molar-refractivity contribution in [3.63, 3.8) is 0 Å². The van der Waals surface area contributed by atoms with Gasteiger partial charge in [-0.3, -0.25) is 0 Å². The highest BCUT2D eigenvalue weighted by molar-refractivity contribution is 5.82. The first-order valence-corrected chi connectivity index (χ1v) is 8.44. The average molecular weight is 392 g/mol. The molecule has 2 rings (SSSR count). The van der Waals surface area contributed by atoms with Gasteiger partial charge in [-0.1, -0.05) is 12.2 Å². The molecule has 2 atom stereocenters. The van der Waals surface area contributed by atoms with Crippen molar-refractivity contribution in [3.05, 3.63) is 41.5 Å². The molecular formula is C20H24O8. The molecular weight excluding hydrogens is 368 g/mol. The van der Waals surface area contributed by atoms with Crippen LogP contribution in [0.25, 0.3) is 17.2 Å². The van der Waals surface area contributed by atoms with Gasteiger partial charge in [0.15, 0.2) is 23.0 Å². The minimum atomic E-state index is -1.44. The molecule has 0 amide bonds. The van der Waals surface area contributed by atoms with Gasteiger partial charge >= 0.3 is 0 Å². The quantitative estimate of drug-likeness (QED) is 0.393. The number of aliphatic hydroxyl groups excluding tert-OH is 4. The Morgan fingerprint density at radius 1 is 0.893 bits per heavy atom. The lowest BCUT2D eigenvalue weighted by Crippen LogP contribution is -2.22. The van der Waals surface area contributed by atoms with Gasteiger partial charge in [-0.2, -0.15) is 0 Å². The van der Waals surface area contributed by atoms with Gasteiger partial charge in [0.05, 0.1) is 27.4 Å². The molecule has 8 heteroatoms. The Bertz CT molecular complexity index is 847. The summed E-state index contributed by atoms with van der Waals surface area (Å²) in [4.78, 5) is 0. The molecule has 0 spiro atoms. The van der Waals surface area contributed by atoms with Gasteiger partial charge in [-0.05, 0) is 35.4 Å². The number of hydrogen-bond donors (Lipinski definition) is 6. The monoisotopic (exact) mass is 392 g/mol. The molecule has 2 unspecified atom stereocenters. The molecule has 6 N–H and O–H groups in total. The lowest BCUT2D eigenvalue weighted by molar-refractivity contribution is -0.0153. The van der Waals surface area contributed by atoms with Gasteiger partial charge in [-0.25, -0.2) is 0 Å². The maximum absolute atomic E-state index is 10.6. The van der Waals surface area contributed by atoms with Crippen molar-refractivity contribution in [2.24, 2.45) is 0 Å². The second-order valence-corrected chi connectivity index (χ2v) is 6.02. The SMILES string of the molecule is COc1cc(/C=C/CO)cc(-c2cc(C(O)C(O)CO)cc(OC)c2O)c1O. The largest absolute Gasteiger partial charge is 0.504 e. The Kier molecular flexibility index (Phi) is 7.24. The molecule has 2 aromatic rings. The summed E-state index contributed by atoms with van der Waals surface area (Å²) in [7, 11) is 2.69. The van der Waals surface area contributed by atoms with Crippen LogP contribution in [0.5, 0.6) is 23.0 Å². The Balaban J connectivity index is 2.73. The Labute approximate surface area is 162 Å². The van der Waals surface area contributed by atoms with E-state index in [9.17, 15) is 20.4 Å². The van der Waals surface area contributed by atoms with Crippen LogP contribution in [0.3, 0.4) is 0 Å². The fraction of sp³-hybridized carbons (Fsp3) is 0.300. The van der Waals surface area contributed by atoms with E-state index in [2.05, 4.69) is 0 Å². The van der Waals surface area contributed by atoms with Crippen LogP contribution >= 0.6 is 0 Å². The fourth-order valence-electron chi connectivity index (χ4n) is 2.76. The summed E-state index contributed by atoms with van der Waals surface area (Å²) in [6, 6.07) is 5.80. The first-order valence-electron chi connectivity index (χ1n) is 8.44. The van der Waals surface area contributed by atoms with Crippen molar-refractivity contribution in [3.8, 4) is 34.1 Å². The summed E-state index contributed by atoms with van der Waals surface area (Å²) in [5.74, 6) is -0.408. The number of methoxy groups -OCH3 is 2. The van der Waals surface area contributed by atoms with E-state index >= 15 is 0 Å². The van der Waals surface area contributed by atoms with Crippen LogP contribution in [0.15, 0.2) is 30.3 Å². The first kappa shape index (κ1) is 21.5. The summed E-state index contributed by atoms with van der Waals surface area (Å²) in [6.07, 6.45) is 0.214. The van der Waals surface area contributed by atoms with E-state index < -0.39 is 18.8 Å². The molecule has 0 saturated carbocycles. The number of phenols is 2. The predicted molar refractivity (Wildman–Crippen MR) is 102 cm³/mol. The normalized spacial score (nSPS) is 13.5. The molecule has 2 aromatic carbocycles. The van der Waals surface area contributed by atoms with Crippen LogP contribution in [0, 0.1) is 0 Å². The number of benzene rings is 2. The number of aromatic hydroxyl groups is 2. The molecule has 0 radical (unpaired) electrons. The number of phenolic OH excluding ortho intramolecular Hbond substituents is 2. The summed E-state index contributed by atoms with van der Waals surface area (Å²) < 4.78 is 10.3. The molecule has 0 saturated heterocycles. The van der Waals surface area contributed by atoms with Crippen molar-refractivity contribution in [1.29, 1.82) is 0 Å². The fourth-order valence-corrected chi connectivity index (χ4v) is 2.76. The van der Waals surface area contributed by atoms with Crippen LogP contribution < -0.4 is 9.47 Å². The van der Waals surface area contributed by atoms with Crippen LogP contribution in [-0.4, -0.2) is 64.2 Å². The van der Waals surface area contributed by atoms with Crippen molar-refractivity contribution in [1.82, 2.24) is 0 Å². The molecule has 0 fully saturated rings. The number of ether oxygens (including phenoxy) is 2. The number of aliphatic hydroxyl groups is 4. The van der Waals surface area contributed by atoms with Crippen LogP contribution in [0.2, 0.25) is 0 Å². The molecule has 0 bridgehead atoms. The standard InChI is InChI=1S/C20H24O8/c1-27-16-7-11(4-3-5-21)6-13(19(16)25)14-8-12(18(24)15(23)10-22)9-17(28-2)20(14)26/h3-4,6-9,15,18,21-26H,5,10H2,1-2H3/b4-3+. The molecule has 0 aromatic heterocycles. The van der Waals surface area contributed by atoms with Gasteiger partial charge in [0, 0.05) is 11.1 Å². The summed E-state index contributed by atoms with van der Waals surface area (Å²) in [5.41, 5.74) is 1.05. The zero-order valence-electron chi connectivity index (χ0n) is 15.5. The Morgan fingerprint density at radius 3 is 2.00 bits per heavy atom. The molecule has 0 heterocycles. The molecule has 152 valence electrons. The van der Waals surface area contributed by atoms with E-state index in [-0.39, 0.29) is 46.3 Å². The van der Waals surface area contributed by atoms with E-state index in [0.29, 0.717) is 5.56 Å². The van der Waals surface area contributed by atoms with E-state index in [4.69, 9.17) is 19.7 Å². The van der Waals surface area contributed by atoms with Crippen molar-refractivity contribution in [2.75, 3.05) is 27.4 Å². The zero-order chi connectivity index (χ0) is 20.8. The maximum atomic E-state index is 10.6. The van der Waals surface area contributed by atoms with Crippen molar-refractivity contribution >= 4 is 6.08 Å². The summed E-state index contributed by atoms with van der Waals surface area (Å²) in [5, 5.41) is 59.2. The van der Waals surface area contributed by atoms with Crippen LogP contribution in [0.4, 0.5) is 0 Å². The van der Waals surface area contributed by atoms with Crippen molar-refractivity contribution < 1.29 is 40.1 Å².